The predicted molar refractivity (Wildman–Crippen MR) is 72.1 cm³/mol. The average molecular weight is 290 g/mol. The third kappa shape index (κ3) is 4.57. The second-order valence-electron chi connectivity index (χ2n) is 4.20. The van der Waals surface area contributed by atoms with E-state index in [9.17, 15) is 8.42 Å². The first kappa shape index (κ1) is 16.1. The van der Waals surface area contributed by atoms with Crippen LogP contribution in [0.25, 0.3) is 0 Å². The van der Waals surface area contributed by atoms with Gasteiger partial charge in [-0.05, 0) is 19.8 Å². The lowest BCUT2D eigenvalue weighted by molar-refractivity contribution is 0.133. The summed E-state index contributed by atoms with van der Waals surface area (Å²) >= 11 is 0. The molecule has 0 aliphatic rings. The summed E-state index contributed by atoms with van der Waals surface area (Å²) in [5.74, 6) is 0. The number of hydrogen-bond donors (Lipinski definition) is 3. The largest absolute Gasteiger partial charge is 0.381 e. The maximum absolute atomic E-state index is 12.0. The van der Waals surface area contributed by atoms with Crippen LogP contribution in [0.3, 0.4) is 0 Å². The van der Waals surface area contributed by atoms with Gasteiger partial charge in [-0.3, -0.25) is 5.10 Å². The molecule has 0 amide bonds. The molecule has 19 heavy (non-hydrogen) atoms. The van der Waals surface area contributed by atoms with E-state index < -0.39 is 10.0 Å². The number of ether oxygens (including phenoxy) is 1. The molecule has 4 N–H and O–H groups in total. The van der Waals surface area contributed by atoms with E-state index in [4.69, 9.17) is 10.5 Å². The van der Waals surface area contributed by atoms with E-state index in [0.717, 1.165) is 6.42 Å². The zero-order chi connectivity index (χ0) is 14.3. The Morgan fingerprint density at radius 2 is 2.16 bits per heavy atom. The number of nitrogens with one attached hydrogen (secondary N) is 2. The Hall–Kier alpha value is -0.960. The number of hydrogen-bond acceptors (Lipinski definition) is 5. The summed E-state index contributed by atoms with van der Waals surface area (Å²) in [6.07, 6.45) is 1.58. The number of aryl methyl sites for hydroxylation is 1. The molecule has 1 heterocycles. The van der Waals surface area contributed by atoms with Gasteiger partial charge in [0.15, 0.2) is 5.03 Å². The standard InChI is InChI=1S/C11H22N4O3S/c1-3-6-18-7-4-5-13-19(16,17)11-10(8-12)9(2)14-15-11/h13H,3-8,12H2,1-2H3,(H,14,15). The van der Waals surface area contributed by atoms with Crippen LogP contribution in [0.2, 0.25) is 0 Å². The van der Waals surface area contributed by atoms with E-state index in [1.807, 2.05) is 6.92 Å². The maximum atomic E-state index is 12.0. The zero-order valence-corrected chi connectivity index (χ0v) is 12.2. The summed E-state index contributed by atoms with van der Waals surface area (Å²) in [5.41, 5.74) is 6.73. The van der Waals surface area contributed by atoms with E-state index >= 15 is 0 Å². The van der Waals surface area contributed by atoms with Crippen molar-refractivity contribution < 1.29 is 13.2 Å². The predicted octanol–water partition coefficient (Wildman–Crippen LogP) is 0.272. The summed E-state index contributed by atoms with van der Waals surface area (Å²) in [6, 6.07) is 0. The number of sulfonamides is 1. The third-order valence-corrected chi connectivity index (χ3v) is 4.03. The summed E-state index contributed by atoms with van der Waals surface area (Å²) in [4.78, 5) is 0. The quantitative estimate of drug-likeness (QED) is 0.565. The Morgan fingerprint density at radius 3 is 2.79 bits per heavy atom. The second-order valence-corrected chi connectivity index (χ2v) is 5.88. The molecule has 0 bridgehead atoms. The molecule has 0 atom stereocenters. The Bertz CT molecular complexity index is 484. The van der Waals surface area contributed by atoms with Gasteiger partial charge < -0.3 is 10.5 Å². The number of rotatable bonds is 9. The van der Waals surface area contributed by atoms with E-state index in [2.05, 4.69) is 14.9 Å². The van der Waals surface area contributed by atoms with Gasteiger partial charge in [-0.25, -0.2) is 13.1 Å². The van der Waals surface area contributed by atoms with Crippen molar-refractivity contribution in [2.75, 3.05) is 19.8 Å². The molecule has 8 heteroatoms. The summed E-state index contributed by atoms with van der Waals surface area (Å²) in [5, 5.41) is 6.43. The number of H-pyrrole nitrogens is 1. The number of nitrogens with zero attached hydrogens (tertiary/aromatic N) is 1. The van der Waals surface area contributed by atoms with Crippen LogP contribution >= 0.6 is 0 Å². The van der Waals surface area contributed by atoms with Crippen LogP contribution in [0.4, 0.5) is 0 Å². The van der Waals surface area contributed by atoms with Crippen molar-refractivity contribution in [1.82, 2.24) is 14.9 Å². The topological polar surface area (TPSA) is 110 Å². The molecule has 0 saturated carbocycles. The number of aromatic nitrogens is 2. The molecule has 110 valence electrons. The van der Waals surface area contributed by atoms with Crippen LogP contribution in [0, 0.1) is 6.92 Å². The fourth-order valence-corrected chi connectivity index (χ4v) is 2.86. The summed E-state index contributed by atoms with van der Waals surface area (Å²) in [6.45, 7) is 5.46. The van der Waals surface area contributed by atoms with Gasteiger partial charge in [0.2, 0.25) is 0 Å². The second kappa shape index (κ2) is 7.59. The fraction of sp³-hybridized carbons (Fsp3) is 0.727. The minimum absolute atomic E-state index is 0.0121. The first-order chi connectivity index (χ1) is 9.03. The van der Waals surface area contributed by atoms with Crippen molar-refractivity contribution in [3.8, 4) is 0 Å². The molecule has 0 unspecified atom stereocenters. The van der Waals surface area contributed by atoms with Crippen LogP contribution in [0.15, 0.2) is 5.03 Å². The van der Waals surface area contributed by atoms with Gasteiger partial charge in [0.1, 0.15) is 0 Å². The van der Waals surface area contributed by atoms with Gasteiger partial charge in [-0.15, -0.1) is 0 Å². The first-order valence-corrected chi connectivity index (χ1v) is 7.82. The lowest BCUT2D eigenvalue weighted by Crippen LogP contribution is -2.27. The molecule has 0 aliphatic carbocycles. The normalized spacial score (nSPS) is 11.9. The van der Waals surface area contributed by atoms with Crippen LogP contribution < -0.4 is 10.5 Å². The smallest absolute Gasteiger partial charge is 0.260 e. The van der Waals surface area contributed by atoms with Crippen molar-refractivity contribution in [3.63, 3.8) is 0 Å². The lowest BCUT2D eigenvalue weighted by Gasteiger charge is -2.06. The molecule has 1 aromatic heterocycles. The Kier molecular flexibility index (Phi) is 6.43. The molecular formula is C11H22N4O3S. The highest BCUT2D eigenvalue weighted by molar-refractivity contribution is 7.89. The monoisotopic (exact) mass is 290 g/mol. The van der Waals surface area contributed by atoms with Crippen LogP contribution in [-0.2, 0) is 21.3 Å². The highest BCUT2D eigenvalue weighted by Gasteiger charge is 2.22. The van der Waals surface area contributed by atoms with Crippen molar-refractivity contribution in [2.45, 2.75) is 38.3 Å². The van der Waals surface area contributed by atoms with Gasteiger partial charge in [0.05, 0.1) is 0 Å². The molecule has 0 radical (unpaired) electrons. The van der Waals surface area contributed by atoms with Crippen LogP contribution in [0.1, 0.15) is 31.0 Å². The van der Waals surface area contributed by atoms with E-state index in [0.29, 0.717) is 37.4 Å². The Morgan fingerprint density at radius 1 is 1.42 bits per heavy atom. The van der Waals surface area contributed by atoms with Gasteiger partial charge in [0.25, 0.3) is 10.0 Å². The van der Waals surface area contributed by atoms with Crippen molar-refractivity contribution in [1.29, 1.82) is 0 Å². The van der Waals surface area contributed by atoms with Crippen molar-refractivity contribution in [2.24, 2.45) is 5.73 Å². The highest BCUT2D eigenvalue weighted by atomic mass is 32.2. The van der Waals surface area contributed by atoms with E-state index in [1.54, 1.807) is 6.92 Å². The number of aromatic amines is 1. The zero-order valence-electron chi connectivity index (χ0n) is 11.4. The maximum Gasteiger partial charge on any atom is 0.260 e. The molecule has 1 aromatic rings. The molecule has 0 aromatic carbocycles. The molecule has 1 rings (SSSR count). The Labute approximate surface area is 114 Å². The van der Waals surface area contributed by atoms with Crippen LogP contribution in [0.5, 0.6) is 0 Å². The van der Waals surface area contributed by atoms with Gasteiger partial charge in [-0.1, -0.05) is 6.92 Å². The van der Waals surface area contributed by atoms with Gasteiger partial charge in [0, 0.05) is 37.6 Å². The molecule has 0 fully saturated rings. The highest BCUT2D eigenvalue weighted by Crippen LogP contribution is 2.14. The molecular weight excluding hydrogens is 268 g/mol. The average Bonchev–Trinajstić information content (AvgIpc) is 2.75. The first-order valence-electron chi connectivity index (χ1n) is 6.34. The molecule has 0 saturated heterocycles. The summed E-state index contributed by atoms with van der Waals surface area (Å²) in [7, 11) is -3.60. The van der Waals surface area contributed by atoms with Crippen molar-refractivity contribution >= 4 is 10.0 Å². The Balaban J connectivity index is 2.52. The molecule has 0 spiro atoms. The fourth-order valence-electron chi connectivity index (χ4n) is 1.59. The summed E-state index contributed by atoms with van der Waals surface area (Å²) < 4.78 is 31.8. The molecule has 7 nitrogen and oxygen atoms in total. The molecule has 0 aliphatic heterocycles. The van der Waals surface area contributed by atoms with Gasteiger partial charge >= 0.3 is 0 Å². The van der Waals surface area contributed by atoms with E-state index in [1.165, 1.54) is 0 Å². The van der Waals surface area contributed by atoms with Crippen molar-refractivity contribution in [3.05, 3.63) is 11.3 Å². The lowest BCUT2D eigenvalue weighted by atomic mass is 10.3. The third-order valence-electron chi connectivity index (χ3n) is 2.60. The number of nitrogens with two attached hydrogens (primary N) is 1. The minimum atomic E-state index is -3.60. The van der Waals surface area contributed by atoms with E-state index in [-0.39, 0.29) is 11.6 Å². The van der Waals surface area contributed by atoms with Crippen LogP contribution in [-0.4, -0.2) is 38.4 Å². The SMILES string of the molecule is CCCOCCCNS(=O)(=O)c1n[nH]c(C)c1CN. The van der Waals surface area contributed by atoms with Gasteiger partial charge in [-0.2, -0.15) is 5.10 Å². The minimum Gasteiger partial charge on any atom is -0.381 e.